The van der Waals surface area contributed by atoms with Gasteiger partial charge in [-0.25, -0.2) is 9.59 Å². The van der Waals surface area contributed by atoms with Crippen LogP contribution in [0.15, 0.2) is 11.1 Å². The molecule has 0 radical (unpaired) electrons. The van der Waals surface area contributed by atoms with Gasteiger partial charge in [-0.2, -0.15) is 0 Å². The number of nitrogens with zero attached hydrogens (tertiary/aromatic N) is 1. The SMILES string of the molecule is COCCN(C)CCOC(=O)CCC1=C(C)C(=O)OC1=O. The molecule has 7 heteroatoms. The fraction of sp³-hybridized carbons (Fsp3) is 0.643. The number of cyclic esters (lactones) is 2. The van der Waals surface area contributed by atoms with Gasteiger partial charge in [0.2, 0.25) is 0 Å². The molecule has 0 amide bonds. The maximum absolute atomic E-state index is 11.6. The normalized spacial score (nSPS) is 14.9. The average Bonchev–Trinajstić information content (AvgIpc) is 2.68. The van der Waals surface area contributed by atoms with Gasteiger partial charge in [-0.1, -0.05) is 0 Å². The molecule has 0 fully saturated rings. The van der Waals surface area contributed by atoms with Crippen LogP contribution in [0.5, 0.6) is 0 Å². The zero-order valence-electron chi connectivity index (χ0n) is 12.6. The van der Waals surface area contributed by atoms with Gasteiger partial charge in [0.1, 0.15) is 6.61 Å². The molecular weight excluding hydrogens is 278 g/mol. The van der Waals surface area contributed by atoms with Crippen molar-refractivity contribution in [1.29, 1.82) is 0 Å². The van der Waals surface area contributed by atoms with Gasteiger partial charge in [0.15, 0.2) is 0 Å². The van der Waals surface area contributed by atoms with Gasteiger partial charge in [-0.15, -0.1) is 0 Å². The first kappa shape index (κ1) is 17.3. The number of methoxy groups -OCH3 is 1. The predicted molar refractivity (Wildman–Crippen MR) is 73.4 cm³/mol. The summed E-state index contributed by atoms with van der Waals surface area (Å²) in [5, 5.41) is 0. The first-order valence-electron chi connectivity index (χ1n) is 6.75. The number of hydrogen-bond donors (Lipinski definition) is 0. The number of ether oxygens (including phenoxy) is 3. The van der Waals surface area contributed by atoms with Gasteiger partial charge < -0.3 is 19.1 Å². The third-order valence-corrected chi connectivity index (χ3v) is 3.18. The van der Waals surface area contributed by atoms with Crippen LogP contribution in [-0.2, 0) is 28.6 Å². The first-order chi connectivity index (χ1) is 9.95. The van der Waals surface area contributed by atoms with E-state index < -0.39 is 17.9 Å². The van der Waals surface area contributed by atoms with E-state index in [9.17, 15) is 14.4 Å². The lowest BCUT2D eigenvalue weighted by Gasteiger charge is -2.15. The van der Waals surface area contributed by atoms with Crippen LogP contribution in [0.3, 0.4) is 0 Å². The fourth-order valence-corrected chi connectivity index (χ4v) is 1.76. The van der Waals surface area contributed by atoms with Crippen LogP contribution in [-0.4, -0.2) is 63.3 Å². The highest BCUT2D eigenvalue weighted by molar-refractivity contribution is 6.12. The Hall–Kier alpha value is -1.73. The number of hydrogen-bond acceptors (Lipinski definition) is 7. The number of carbonyl (C=O) groups is 3. The standard InChI is InChI=1S/C14H21NO6/c1-10-11(14(18)21-13(10)17)4-5-12(16)20-9-7-15(2)6-8-19-3/h4-9H2,1-3H3. The highest BCUT2D eigenvalue weighted by atomic mass is 16.6. The van der Waals surface area contributed by atoms with Crippen LogP contribution < -0.4 is 0 Å². The van der Waals surface area contributed by atoms with E-state index in [4.69, 9.17) is 9.47 Å². The van der Waals surface area contributed by atoms with Crippen LogP contribution >= 0.6 is 0 Å². The lowest BCUT2D eigenvalue weighted by atomic mass is 10.1. The van der Waals surface area contributed by atoms with E-state index in [-0.39, 0.29) is 30.6 Å². The van der Waals surface area contributed by atoms with Gasteiger partial charge in [0, 0.05) is 37.8 Å². The van der Waals surface area contributed by atoms with Crippen molar-refractivity contribution in [2.45, 2.75) is 19.8 Å². The molecule has 1 aliphatic heterocycles. The smallest absolute Gasteiger partial charge is 0.342 e. The Balaban J connectivity index is 2.23. The minimum absolute atomic E-state index is 0.0524. The number of carbonyl (C=O) groups excluding carboxylic acids is 3. The van der Waals surface area contributed by atoms with E-state index in [1.807, 2.05) is 11.9 Å². The summed E-state index contributed by atoms with van der Waals surface area (Å²) in [6.07, 6.45) is 0.214. The lowest BCUT2D eigenvalue weighted by molar-refractivity contribution is -0.151. The topological polar surface area (TPSA) is 82.1 Å². The molecule has 21 heavy (non-hydrogen) atoms. The van der Waals surface area contributed by atoms with Crippen molar-refractivity contribution in [3.8, 4) is 0 Å². The Morgan fingerprint density at radius 3 is 2.43 bits per heavy atom. The predicted octanol–water partition coefficient (Wildman–Crippen LogP) is 0.288. The van der Waals surface area contributed by atoms with Crippen LogP contribution in [0.4, 0.5) is 0 Å². The summed E-state index contributed by atoms with van der Waals surface area (Å²) in [5.41, 5.74) is 0.529. The summed E-state index contributed by atoms with van der Waals surface area (Å²) in [4.78, 5) is 36.0. The molecule has 0 saturated heterocycles. The zero-order chi connectivity index (χ0) is 15.8. The molecule has 0 aromatic carbocycles. The Labute approximate surface area is 123 Å². The van der Waals surface area contributed by atoms with Gasteiger partial charge >= 0.3 is 17.9 Å². The van der Waals surface area contributed by atoms with Crippen molar-refractivity contribution in [3.05, 3.63) is 11.1 Å². The van der Waals surface area contributed by atoms with Crippen molar-refractivity contribution < 1.29 is 28.6 Å². The van der Waals surface area contributed by atoms with Crippen LogP contribution in [0.25, 0.3) is 0 Å². The highest BCUT2D eigenvalue weighted by Crippen LogP contribution is 2.21. The van der Waals surface area contributed by atoms with Crippen molar-refractivity contribution in [1.82, 2.24) is 4.90 Å². The van der Waals surface area contributed by atoms with Gasteiger partial charge in [-0.3, -0.25) is 4.79 Å². The van der Waals surface area contributed by atoms with Crippen molar-refractivity contribution >= 4 is 17.9 Å². The second-order valence-electron chi connectivity index (χ2n) is 4.80. The number of likely N-dealkylation sites (N-methyl/N-ethyl adjacent to an activating group) is 1. The van der Waals surface area contributed by atoms with E-state index in [1.165, 1.54) is 6.92 Å². The summed E-state index contributed by atoms with van der Waals surface area (Å²) in [5.74, 6) is -1.70. The minimum Gasteiger partial charge on any atom is -0.464 e. The second kappa shape index (κ2) is 8.53. The molecular formula is C14H21NO6. The van der Waals surface area contributed by atoms with Crippen molar-refractivity contribution in [2.75, 3.05) is 40.5 Å². The molecule has 0 aromatic rings. The van der Waals surface area contributed by atoms with Crippen LogP contribution in [0, 0.1) is 0 Å². The van der Waals surface area contributed by atoms with Crippen molar-refractivity contribution in [3.63, 3.8) is 0 Å². The summed E-state index contributed by atoms with van der Waals surface area (Å²) in [7, 11) is 3.53. The number of rotatable bonds is 9. The Morgan fingerprint density at radius 1 is 1.19 bits per heavy atom. The Bertz CT molecular complexity index is 443. The molecule has 0 atom stereocenters. The molecule has 0 unspecified atom stereocenters. The fourth-order valence-electron chi connectivity index (χ4n) is 1.76. The molecule has 0 bridgehead atoms. The summed E-state index contributed by atoms with van der Waals surface area (Å²) in [6.45, 7) is 3.78. The van der Waals surface area contributed by atoms with E-state index in [0.717, 1.165) is 6.54 Å². The maximum atomic E-state index is 11.6. The Kier molecular flexibility index (Phi) is 7.04. The Morgan fingerprint density at radius 2 is 1.86 bits per heavy atom. The van der Waals surface area contributed by atoms with Gasteiger partial charge in [0.05, 0.1) is 6.61 Å². The van der Waals surface area contributed by atoms with Crippen molar-refractivity contribution in [2.24, 2.45) is 0 Å². The summed E-state index contributed by atoms with van der Waals surface area (Å²) < 4.78 is 14.5. The largest absolute Gasteiger partial charge is 0.464 e. The molecule has 0 N–H and O–H groups in total. The summed E-state index contributed by atoms with van der Waals surface area (Å²) in [6, 6.07) is 0. The van der Waals surface area contributed by atoms with Gasteiger partial charge in [0.25, 0.3) is 0 Å². The first-order valence-corrected chi connectivity index (χ1v) is 6.75. The molecule has 0 aliphatic carbocycles. The molecule has 118 valence electrons. The van der Waals surface area contributed by atoms with E-state index in [0.29, 0.717) is 13.2 Å². The molecule has 1 heterocycles. The molecule has 0 aromatic heterocycles. The highest BCUT2D eigenvalue weighted by Gasteiger charge is 2.29. The summed E-state index contributed by atoms with van der Waals surface area (Å²) >= 11 is 0. The minimum atomic E-state index is -0.662. The third-order valence-electron chi connectivity index (χ3n) is 3.18. The van der Waals surface area contributed by atoms with Gasteiger partial charge in [-0.05, 0) is 20.4 Å². The van der Waals surface area contributed by atoms with Crippen LogP contribution in [0.2, 0.25) is 0 Å². The lowest BCUT2D eigenvalue weighted by Crippen LogP contribution is -2.27. The van der Waals surface area contributed by atoms with E-state index in [2.05, 4.69) is 4.74 Å². The molecule has 0 spiro atoms. The molecule has 1 aliphatic rings. The zero-order valence-corrected chi connectivity index (χ0v) is 12.6. The maximum Gasteiger partial charge on any atom is 0.342 e. The monoisotopic (exact) mass is 299 g/mol. The average molecular weight is 299 g/mol. The van der Waals surface area contributed by atoms with E-state index in [1.54, 1.807) is 7.11 Å². The molecule has 7 nitrogen and oxygen atoms in total. The molecule has 1 rings (SSSR count). The molecule has 0 saturated carbocycles. The van der Waals surface area contributed by atoms with E-state index >= 15 is 0 Å². The second-order valence-corrected chi connectivity index (χ2v) is 4.80. The number of esters is 3. The third kappa shape index (κ3) is 5.65. The van der Waals surface area contributed by atoms with Crippen LogP contribution in [0.1, 0.15) is 19.8 Å². The quantitative estimate of drug-likeness (QED) is 0.447.